The number of furan rings is 1. The Labute approximate surface area is 163 Å². The Bertz CT molecular complexity index is 926. The van der Waals surface area contributed by atoms with E-state index in [0.29, 0.717) is 12.2 Å². The van der Waals surface area contributed by atoms with Gasteiger partial charge in [0.2, 0.25) is 5.91 Å². The van der Waals surface area contributed by atoms with Crippen molar-refractivity contribution in [2.75, 3.05) is 7.11 Å². The van der Waals surface area contributed by atoms with Crippen molar-refractivity contribution < 1.29 is 28.7 Å². The monoisotopic (exact) mass is 383 g/mol. The van der Waals surface area contributed by atoms with Crippen LogP contribution < -0.4 is 5.32 Å². The average Bonchev–Trinajstić information content (AvgIpc) is 3.05. The summed E-state index contributed by atoms with van der Waals surface area (Å²) in [6.07, 6.45) is 1.01. The molecule has 1 heterocycles. The summed E-state index contributed by atoms with van der Waals surface area (Å²) in [4.78, 5) is 12.5. The second kappa shape index (κ2) is 9.52. The predicted molar refractivity (Wildman–Crippen MR) is 104 cm³/mol. The molecule has 1 amide bonds. The lowest BCUT2D eigenvalue weighted by atomic mass is 10.1. The van der Waals surface area contributed by atoms with Gasteiger partial charge in [0.25, 0.3) is 0 Å². The summed E-state index contributed by atoms with van der Waals surface area (Å²) in [5.74, 6) is -0.298. The Morgan fingerprint density at radius 1 is 1.18 bits per heavy atom. The van der Waals surface area contributed by atoms with Crippen LogP contribution in [0.4, 0.5) is 0 Å². The molecule has 0 bridgehead atoms. The number of rotatable bonds is 9. The van der Waals surface area contributed by atoms with E-state index in [1.807, 2.05) is 48.5 Å². The number of carbonyl (C=O) groups excluding carboxylic acids is 1. The number of nitrogens with one attached hydrogen (secondary N) is 1. The molecule has 0 aliphatic carbocycles. The molecule has 0 radical (unpaired) electrons. The number of methoxy groups -OCH3 is 1. The number of amides is 1. The van der Waals surface area contributed by atoms with Crippen molar-refractivity contribution in [1.82, 2.24) is 5.32 Å². The number of para-hydroxylation sites is 1. The largest absolute Gasteiger partial charge is 0.635 e. The van der Waals surface area contributed by atoms with Crippen LogP contribution in [0.3, 0.4) is 0 Å². The first-order chi connectivity index (χ1) is 13.5. The van der Waals surface area contributed by atoms with Gasteiger partial charge in [-0.05, 0) is 17.2 Å². The maximum atomic E-state index is 12.5. The molecule has 7 nitrogen and oxygen atoms in total. The first-order valence-corrected chi connectivity index (χ1v) is 8.88. The number of hydrogen-bond donors (Lipinski definition) is 3. The van der Waals surface area contributed by atoms with Crippen LogP contribution in [0.2, 0.25) is 0 Å². The lowest BCUT2D eigenvalue weighted by Gasteiger charge is -2.19. The zero-order valence-electron chi connectivity index (χ0n) is 15.5. The van der Waals surface area contributed by atoms with E-state index in [0.717, 1.165) is 22.1 Å². The van der Waals surface area contributed by atoms with Crippen LogP contribution in [0, 0.1) is 0 Å². The highest BCUT2D eigenvalue weighted by molar-refractivity contribution is 6.32. The zero-order valence-corrected chi connectivity index (χ0v) is 15.5. The van der Waals surface area contributed by atoms with Crippen LogP contribution in [-0.4, -0.2) is 36.6 Å². The Morgan fingerprint density at radius 3 is 2.75 bits per heavy atom. The maximum Gasteiger partial charge on any atom is 0.635 e. The summed E-state index contributed by atoms with van der Waals surface area (Å²) in [7, 11) is -0.394. The van der Waals surface area contributed by atoms with Crippen LogP contribution in [0.15, 0.2) is 59.2 Å². The zero-order chi connectivity index (χ0) is 19.9. The van der Waals surface area contributed by atoms with E-state index in [4.69, 9.17) is 13.8 Å². The molecule has 3 rings (SSSR count). The molecule has 0 fully saturated rings. The molecule has 28 heavy (non-hydrogen) atoms. The molecular formula is C20H22BNO6. The molecule has 2 aromatic carbocycles. The number of fused-ring (bicyclic) bond motifs is 1. The lowest BCUT2D eigenvalue weighted by molar-refractivity contribution is -0.123. The molecule has 1 aromatic heterocycles. The summed E-state index contributed by atoms with van der Waals surface area (Å²) >= 11 is 0. The van der Waals surface area contributed by atoms with Crippen LogP contribution in [0.25, 0.3) is 11.0 Å². The second-order valence-electron chi connectivity index (χ2n) is 6.41. The topological polar surface area (TPSA) is 101 Å². The highest BCUT2D eigenvalue weighted by atomic mass is 16.6. The Balaban J connectivity index is 1.68. The van der Waals surface area contributed by atoms with E-state index in [1.165, 1.54) is 0 Å². The summed E-state index contributed by atoms with van der Waals surface area (Å²) in [6.45, 7) is 0.464. The van der Waals surface area contributed by atoms with Gasteiger partial charge in [-0.3, -0.25) is 4.79 Å². The third-order valence-electron chi connectivity index (χ3n) is 4.24. The van der Waals surface area contributed by atoms with Gasteiger partial charge >= 0.3 is 7.32 Å². The van der Waals surface area contributed by atoms with E-state index in [9.17, 15) is 14.8 Å². The van der Waals surface area contributed by atoms with Crippen LogP contribution in [-0.2, 0) is 33.6 Å². The number of ether oxygens (including phenoxy) is 1. The molecule has 0 aliphatic heterocycles. The molecule has 0 aliphatic rings. The highest BCUT2D eigenvalue weighted by Gasteiger charge is 2.22. The van der Waals surface area contributed by atoms with Crippen LogP contribution >= 0.6 is 0 Å². The first-order valence-electron chi connectivity index (χ1n) is 8.88. The second-order valence-corrected chi connectivity index (χ2v) is 6.41. The minimum atomic E-state index is -2.01. The quantitative estimate of drug-likeness (QED) is 0.385. The molecule has 3 aromatic rings. The fourth-order valence-electron chi connectivity index (χ4n) is 3.08. The number of carbonyl (C=O) groups is 1. The minimum absolute atomic E-state index is 0.130. The van der Waals surface area contributed by atoms with Crippen molar-refractivity contribution in [2.24, 2.45) is 0 Å². The van der Waals surface area contributed by atoms with Crippen LogP contribution in [0.1, 0.15) is 16.7 Å². The Hall–Kier alpha value is -2.65. The molecular weight excluding hydrogens is 361 g/mol. The van der Waals surface area contributed by atoms with Crippen molar-refractivity contribution in [3.63, 3.8) is 0 Å². The van der Waals surface area contributed by atoms with Gasteiger partial charge in [0.05, 0.1) is 19.3 Å². The van der Waals surface area contributed by atoms with Gasteiger partial charge in [-0.25, -0.2) is 0 Å². The molecule has 0 unspecified atom stereocenters. The van der Waals surface area contributed by atoms with Crippen molar-refractivity contribution in [2.45, 2.75) is 25.7 Å². The van der Waals surface area contributed by atoms with E-state index < -0.39 is 13.5 Å². The lowest BCUT2D eigenvalue weighted by Crippen LogP contribution is -2.43. The first kappa shape index (κ1) is 20.1. The highest BCUT2D eigenvalue weighted by Crippen LogP contribution is 2.22. The number of hydrogen-bond acceptors (Lipinski definition) is 6. The van der Waals surface area contributed by atoms with Gasteiger partial charge in [-0.1, -0.05) is 42.5 Å². The molecule has 0 saturated carbocycles. The smallest absolute Gasteiger partial charge is 0.464 e. The molecule has 0 saturated heterocycles. The normalized spacial score (nSPS) is 12.1. The van der Waals surface area contributed by atoms with E-state index in [-0.39, 0.29) is 18.7 Å². The predicted octanol–water partition coefficient (Wildman–Crippen LogP) is 1.79. The van der Waals surface area contributed by atoms with Gasteiger partial charge in [0.15, 0.2) is 0 Å². The van der Waals surface area contributed by atoms with E-state index in [2.05, 4.69) is 5.32 Å². The number of benzene rings is 2. The average molecular weight is 383 g/mol. The fraction of sp³-hybridized carbons (Fsp3) is 0.250. The molecule has 8 heteroatoms. The van der Waals surface area contributed by atoms with Crippen molar-refractivity contribution in [3.8, 4) is 0 Å². The Morgan fingerprint density at radius 2 is 1.96 bits per heavy atom. The van der Waals surface area contributed by atoms with Crippen molar-refractivity contribution in [1.29, 1.82) is 0 Å². The minimum Gasteiger partial charge on any atom is -0.464 e. The molecule has 3 N–H and O–H groups in total. The SMILES string of the molecule is COCc1cccc(CC(=O)N[C@@H](Cc2coc3ccccc23)OB(O)O)c1. The van der Waals surface area contributed by atoms with Gasteiger partial charge < -0.3 is 29.2 Å². The molecule has 146 valence electrons. The summed E-state index contributed by atoms with van der Waals surface area (Å²) < 4.78 is 15.7. The summed E-state index contributed by atoms with van der Waals surface area (Å²) in [5, 5.41) is 22.0. The van der Waals surface area contributed by atoms with E-state index in [1.54, 1.807) is 13.4 Å². The molecule has 1 atom stereocenters. The third-order valence-corrected chi connectivity index (χ3v) is 4.24. The van der Waals surface area contributed by atoms with Crippen molar-refractivity contribution in [3.05, 3.63) is 71.5 Å². The van der Waals surface area contributed by atoms with Gasteiger partial charge in [0, 0.05) is 24.5 Å². The van der Waals surface area contributed by atoms with Gasteiger partial charge in [-0.15, -0.1) is 0 Å². The summed E-state index contributed by atoms with van der Waals surface area (Å²) in [5.41, 5.74) is 3.30. The standard InChI is InChI=1S/C20H22BNO6/c1-26-12-15-6-4-5-14(9-15)10-19(23)22-20(28-21(24)25)11-16-13-27-18-8-3-2-7-17(16)18/h2-9,13,20,24-25H,10-12H2,1H3,(H,22,23)/t20-/m1/s1. The third kappa shape index (κ3) is 5.43. The fourth-order valence-corrected chi connectivity index (χ4v) is 3.08. The van der Waals surface area contributed by atoms with Crippen LogP contribution in [0.5, 0.6) is 0 Å². The Kier molecular flexibility index (Phi) is 6.83. The van der Waals surface area contributed by atoms with Gasteiger partial charge in [0.1, 0.15) is 11.8 Å². The summed E-state index contributed by atoms with van der Waals surface area (Å²) in [6, 6.07) is 15.0. The maximum absolute atomic E-state index is 12.5. The molecule has 0 spiro atoms. The van der Waals surface area contributed by atoms with E-state index >= 15 is 0 Å². The van der Waals surface area contributed by atoms with Gasteiger partial charge in [-0.2, -0.15) is 0 Å². The van der Waals surface area contributed by atoms with Crippen molar-refractivity contribution >= 4 is 24.2 Å².